The van der Waals surface area contributed by atoms with Gasteiger partial charge in [0, 0.05) is 25.7 Å². The van der Waals surface area contributed by atoms with Gasteiger partial charge in [-0.1, -0.05) is 18.0 Å². The number of hydrogen-bond acceptors (Lipinski definition) is 7. The van der Waals surface area contributed by atoms with E-state index in [0.717, 1.165) is 58.1 Å². The number of piperidine rings is 1. The fourth-order valence-corrected chi connectivity index (χ4v) is 4.19. The minimum atomic E-state index is -0.173. The Labute approximate surface area is 189 Å². The van der Waals surface area contributed by atoms with Crippen molar-refractivity contribution in [2.45, 2.75) is 32.1 Å². The molecular formula is C22H35ClN6O2. The molecule has 1 amide bonds. The number of anilines is 1. The van der Waals surface area contributed by atoms with E-state index in [4.69, 9.17) is 22.1 Å². The monoisotopic (exact) mass is 450 g/mol. The third kappa shape index (κ3) is 7.18. The highest BCUT2D eigenvalue weighted by Gasteiger charge is 2.21. The molecule has 1 aromatic rings. The zero-order chi connectivity index (χ0) is 22.1. The summed E-state index contributed by atoms with van der Waals surface area (Å²) in [5.74, 6) is 1.72. The number of nitrogen functional groups attached to an aromatic ring is 1. The Kier molecular flexibility index (Phi) is 9.09. The number of aliphatic imine (C=N–C) groups is 1. The zero-order valence-electron chi connectivity index (χ0n) is 18.4. The molecule has 1 aromatic carbocycles. The molecule has 0 unspecified atom stereocenters. The smallest absolute Gasteiger partial charge is 0.255 e. The van der Waals surface area contributed by atoms with Crippen molar-refractivity contribution in [3.63, 3.8) is 0 Å². The lowest BCUT2D eigenvalue weighted by Crippen LogP contribution is -2.39. The maximum absolute atomic E-state index is 12.6. The molecule has 0 spiro atoms. The predicted octanol–water partition coefficient (Wildman–Crippen LogP) is 2.09. The molecule has 5 N–H and O–H groups in total. The Morgan fingerprint density at radius 2 is 2.13 bits per heavy atom. The highest BCUT2D eigenvalue weighted by Crippen LogP contribution is 2.29. The van der Waals surface area contributed by atoms with Gasteiger partial charge in [0.2, 0.25) is 0 Å². The average molecular weight is 451 g/mol. The molecule has 0 atom stereocenters. The molecular weight excluding hydrogens is 416 g/mol. The first-order valence-corrected chi connectivity index (χ1v) is 11.6. The number of benzene rings is 1. The summed E-state index contributed by atoms with van der Waals surface area (Å²) in [5.41, 5.74) is 6.62. The maximum atomic E-state index is 12.6. The largest absolute Gasteiger partial charge is 0.496 e. The second kappa shape index (κ2) is 12.0. The van der Waals surface area contributed by atoms with Crippen molar-refractivity contribution in [2.24, 2.45) is 10.9 Å². The molecule has 0 aromatic heterocycles. The average Bonchev–Trinajstić information content (AvgIpc) is 3.30. The van der Waals surface area contributed by atoms with Crippen LogP contribution >= 0.6 is 11.6 Å². The Morgan fingerprint density at radius 1 is 1.32 bits per heavy atom. The first kappa shape index (κ1) is 23.5. The van der Waals surface area contributed by atoms with E-state index in [9.17, 15) is 4.79 Å². The van der Waals surface area contributed by atoms with Crippen molar-refractivity contribution < 1.29 is 9.53 Å². The van der Waals surface area contributed by atoms with Crippen LogP contribution in [0.1, 0.15) is 42.5 Å². The fourth-order valence-electron chi connectivity index (χ4n) is 4.02. The quantitative estimate of drug-likeness (QED) is 0.321. The van der Waals surface area contributed by atoms with Crippen LogP contribution in [-0.2, 0) is 0 Å². The lowest BCUT2D eigenvalue weighted by atomic mass is 9.96. The molecule has 0 saturated carbocycles. The molecule has 3 rings (SSSR count). The minimum Gasteiger partial charge on any atom is -0.496 e. The van der Waals surface area contributed by atoms with E-state index in [1.165, 1.54) is 26.4 Å². The van der Waals surface area contributed by atoms with Crippen LogP contribution in [0.2, 0.25) is 5.02 Å². The third-order valence-corrected chi connectivity index (χ3v) is 6.27. The lowest BCUT2D eigenvalue weighted by Gasteiger charge is -2.32. The topological polar surface area (TPSA) is 104 Å². The summed E-state index contributed by atoms with van der Waals surface area (Å²) >= 11 is 6.07. The number of guanidine groups is 1. The normalized spacial score (nSPS) is 17.2. The van der Waals surface area contributed by atoms with Crippen LogP contribution in [0.25, 0.3) is 0 Å². The van der Waals surface area contributed by atoms with Gasteiger partial charge in [0.15, 0.2) is 5.96 Å². The van der Waals surface area contributed by atoms with Gasteiger partial charge in [0.1, 0.15) is 5.75 Å². The highest BCUT2D eigenvalue weighted by atomic mass is 35.5. The van der Waals surface area contributed by atoms with Crippen LogP contribution in [0.3, 0.4) is 0 Å². The molecule has 2 heterocycles. The van der Waals surface area contributed by atoms with Crippen LogP contribution in [0.15, 0.2) is 17.1 Å². The molecule has 2 aliphatic rings. The van der Waals surface area contributed by atoms with Gasteiger partial charge in [-0.05, 0) is 57.3 Å². The van der Waals surface area contributed by atoms with Gasteiger partial charge in [0.05, 0.1) is 29.9 Å². The number of methoxy groups -OCH3 is 1. The number of halogens is 1. The summed E-state index contributed by atoms with van der Waals surface area (Å²) in [6.45, 7) is 6.82. The summed E-state index contributed by atoms with van der Waals surface area (Å²) in [5, 5.41) is 9.97. The van der Waals surface area contributed by atoms with Gasteiger partial charge in [-0.15, -0.1) is 0 Å². The first-order chi connectivity index (χ1) is 15.1. The van der Waals surface area contributed by atoms with Gasteiger partial charge in [0.25, 0.3) is 5.91 Å². The van der Waals surface area contributed by atoms with E-state index in [2.05, 4.69) is 25.8 Å². The van der Waals surface area contributed by atoms with Crippen molar-refractivity contribution in [3.05, 3.63) is 22.7 Å². The molecule has 172 valence electrons. The first-order valence-electron chi connectivity index (χ1n) is 11.2. The third-order valence-electron chi connectivity index (χ3n) is 5.94. The molecule has 1 fully saturated rings. The molecule has 0 bridgehead atoms. The van der Waals surface area contributed by atoms with Crippen LogP contribution < -0.4 is 26.4 Å². The second-order valence-electron chi connectivity index (χ2n) is 8.21. The number of unbranched alkanes of at least 4 members (excludes halogenated alkanes) is 2. The van der Waals surface area contributed by atoms with Crippen LogP contribution in [0.4, 0.5) is 5.69 Å². The van der Waals surface area contributed by atoms with E-state index in [0.29, 0.717) is 34.5 Å². The summed E-state index contributed by atoms with van der Waals surface area (Å²) in [6.07, 6.45) is 5.82. The molecule has 9 heteroatoms. The Hall–Kier alpha value is -2.19. The second-order valence-corrected chi connectivity index (χ2v) is 8.62. The number of likely N-dealkylation sites (tertiary alicyclic amines) is 1. The Balaban J connectivity index is 1.29. The number of amides is 1. The lowest BCUT2D eigenvalue weighted by molar-refractivity contribution is 0.0933. The number of ether oxygens (including phenoxy) is 1. The summed E-state index contributed by atoms with van der Waals surface area (Å²) < 4.78 is 5.28. The number of carbonyl (C=O) groups is 1. The molecule has 1 saturated heterocycles. The highest BCUT2D eigenvalue weighted by molar-refractivity contribution is 6.33. The van der Waals surface area contributed by atoms with E-state index in [1.54, 1.807) is 12.1 Å². The van der Waals surface area contributed by atoms with Crippen LogP contribution in [-0.4, -0.2) is 69.7 Å². The summed E-state index contributed by atoms with van der Waals surface area (Å²) in [7, 11) is 1.52. The maximum Gasteiger partial charge on any atom is 0.255 e. The van der Waals surface area contributed by atoms with Gasteiger partial charge in [-0.3, -0.25) is 9.79 Å². The molecule has 2 aliphatic heterocycles. The SMILES string of the molecule is COc1cc(N)c(Cl)cc1C(=O)NCC1CCN(CCCCCNC2=NCCN2)CC1. The van der Waals surface area contributed by atoms with E-state index >= 15 is 0 Å². The van der Waals surface area contributed by atoms with Gasteiger partial charge >= 0.3 is 0 Å². The van der Waals surface area contributed by atoms with E-state index < -0.39 is 0 Å². The zero-order valence-corrected chi connectivity index (χ0v) is 19.1. The van der Waals surface area contributed by atoms with Crippen molar-refractivity contribution in [3.8, 4) is 5.75 Å². The minimum absolute atomic E-state index is 0.173. The summed E-state index contributed by atoms with van der Waals surface area (Å²) in [4.78, 5) is 19.5. The van der Waals surface area contributed by atoms with Crippen molar-refractivity contribution in [1.29, 1.82) is 0 Å². The van der Waals surface area contributed by atoms with Crippen molar-refractivity contribution >= 4 is 29.2 Å². The van der Waals surface area contributed by atoms with Gasteiger partial charge in [-0.25, -0.2) is 0 Å². The number of hydrogen-bond donors (Lipinski definition) is 4. The number of nitrogens with two attached hydrogens (primary N) is 1. The van der Waals surface area contributed by atoms with Crippen molar-refractivity contribution in [1.82, 2.24) is 20.9 Å². The molecule has 31 heavy (non-hydrogen) atoms. The van der Waals surface area contributed by atoms with Crippen molar-refractivity contribution in [2.75, 3.05) is 58.7 Å². The number of nitrogens with zero attached hydrogens (tertiary/aromatic N) is 2. The number of carbonyl (C=O) groups excluding carboxylic acids is 1. The molecule has 8 nitrogen and oxygen atoms in total. The number of nitrogens with one attached hydrogen (secondary N) is 3. The van der Waals surface area contributed by atoms with Crippen LogP contribution in [0, 0.1) is 5.92 Å². The van der Waals surface area contributed by atoms with Gasteiger partial charge in [-0.2, -0.15) is 0 Å². The van der Waals surface area contributed by atoms with Gasteiger partial charge < -0.3 is 31.3 Å². The predicted molar refractivity (Wildman–Crippen MR) is 126 cm³/mol. The summed E-state index contributed by atoms with van der Waals surface area (Å²) in [6, 6.07) is 3.16. The Morgan fingerprint density at radius 3 is 2.84 bits per heavy atom. The Bertz CT molecular complexity index is 765. The van der Waals surface area contributed by atoms with E-state index in [-0.39, 0.29) is 5.91 Å². The van der Waals surface area contributed by atoms with Crippen LogP contribution in [0.5, 0.6) is 5.75 Å². The number of rotatable bonds is 10. The standard InChI is InChI=1S/C22H35ClN6O2/c1-31-20-14-19(24)18(23)13-17(20)21(30)28-15-16-5-11-29(12-6-16)10-4-2-3-7-25-22-26-8-9-27-22/h13-14,16H,2-12,15,24H2,1H3,(H,28,30)(H2,25,26,27). The fraction of sp³-hybridized carbons (Fsp3) is 0.636. The van der Waals surface area contributed by atoms with E-state index in [1.807, 2.05) is 0 Å². The molecule has 0 radical (unpaired) electrons. The molecule has 0 aliphatic carbocycles.